The maximum absolute atomic E-state index is 12.3. The summed E-state index contributed by atoms with van der Waals surface area (Å²) < 4.78 is 5.74. The van der Waals surface area contributed by atoms with Crippen LogP contribution in [0.5, 0.6) is 0 Å². The number of hydrogen-bond donors (Lipinski definition) is 0. The molecule has 0 unspecified atom stereocenters. The van der Waals surface area contributed by atoms with E-state index in [1.165, 1.54) is 11.8 Å². The number of allylic oxidation sites excluding steroid dienone is 1. The van der Waals surface area contributed by atoms with E-state index in [0.29, 0.717) is 0 Å². The highest BCUT2D eigenvalue weighted by Crippen LogP contribution is 2.35. The van der Waals surface area contributed by atoms with Gasteiger partial charge < -0.3 is 9.64 Å². The van der Waals surface area contributed by atoms with E-state index in [9.17, 15) is 4.79 Å². The van der Waals surface area contributed by atoms with Crippen LogP contribution in [0.2, 0.25) is 0 Å². The highest BCUT2D eigenvalue weighted by Gasteiger charge is 2.32. The molecule has 0 spiro atoms. The van der Waals surface area contributed by atoms with Crippen LogP contribution >= 0.6 is 11.8 Å². The van der Waals surface area contributed by atoms with Crippen molar-refractivity contribution in [2.45, 2.75) is 33.0 Å². The van der Waals surface area contributed by atoms with E-state index in [-0.39, 0.29) is 18.1 Å². The normalized spacial score (nSPS) is 27.9. The van der Waals surface area contributed by atoms with Crippen molar-refractivity contribution in [1.82, 2.24) is 4.90 Å². The fourth-order valence-electron chi connectivity index (χ4n) is 2.82. The number of ether oxygens (including phenoxy) is 1. The number of thioether (sulfide) groups is 1. The van der Waals surface area contributed by atoms with Gasteiger partial charge in [0.1, 0.15) is 0 Å². The lowest BCUT2D eigenvalue weighted by Crippen LogP contribution is -2.47. The number of carbonyl (C=O) groups is 1. The number of hydrogen-bond acceptors (Lipinski definition) is 4. The predicted molar refractivity (Wildman–Crippen MR) is 90.7 cm³/mol. The molecule has 0 radical (unpaired) electrons. The van der Waals surface area contributed by atoms with Crippen molar-refractivity contribution in [3.8, 4) is 0 Å². The monoisotopic (exact) mass is 316 g/mol. The van der Waals surface area contributed by atoms with Crippen molar-refractivity contribution < 1.29 is 9.53 Å². The minimum absolute atomic E-state index is 0.131. The molecule has 1 aromatic carbocycles. The number of amidine groups is 1. The van der Waals surface area contributed by atoms with Crippen LogP contribution in [-0.2, 0) is 9.53 Å². The average Bonchev–Trinajstić information content (AvgIpc) is 2.88. The third-order valence-electron chi connectivity index (χ3n) is 3.82. The number of benzene rings is 1. The van der Waals surface area contributed by atoms with Gasteiger partial charge in [0.05, 0.1) is 17.1 Å². The first kappa shape index (κ1) is 15.3. The SMILES string of the molecule is C/C(=C1\SC(N2C[C@H](C)O[C@@H](C)C2)=NC1=O)c1ccccc1. The van der Waals surface area contributed by atoms with Gasteiger partial charge in [-0.15, -0.1) is 0 Å². The third-order valence-corrected chi connectivity index (χ3v) is 5.04. The molecule has 0 N–H and O–H groups in total. The van der Waals surface area contributed by atoms with Crippen molar-refractivity contribution >= 4 is 28.4 Å². The number of amides is 1. The first-order valence-corrected chi connectivity index (χ1v) is 8.34. The maximum atomic E-state index is 12.3. The quantitative estimate of drug-likeness (QED) is 0.746. The van der Waals surface area contributed by atoms with E-state index in [4.69, 9.17) is 4.74 Å². The summed E-state index contributed by atoms with van der Waals surface area (Å²) in [5.41, 5.74) is 2.06. The molecule has 2 atom stereocenters. The van der Waals surface area contributed by atoms with Gasteiger partial charge in [0.15, 0.2) is 5.17 Å². The van der Waals surface area contributed by atoms with E-state index >= 15 is 0 Å². The Hall–Kier alpha value is -1.59. The molecule has 2 aliphatic heterocycles. The number of aliphatic imine (C=N–C) groups is 1. The van der Waals surface area contributed by atoms with Crippen molar-refractivity contribution in [2.24, 2.45) is 4.99 Å². The van der Waals surface area contributed by atoms with Crippen LogP contribution in [0.4, 0.5) is 0 Å². The van der Waals surface area contributed by atoms with Crippen LogP contribution in [0.1, 0.15) is 26.3 Å². The van der Waals surface area contributed by atoms with E-state index in [2.05, 4.69) is 23.7 Å². The van der Waals surface area contributed by atoms with Crippen molar-refractivity contribution in [2.75, 3.05) is 13.1 Å². The van der Waals surface area contributed by atoms with Gasteiger partial charge >= 0.3 is 0 Å². The van der Waals surface area contributed by atoms with Crippen LogP contribution in [0.15, 0.2) is 40.2 Å². The van der Waals surface area contributed by atoms with E-state index in [1.54, 1.807) is 0 Å². The van der Waals surface area contributed by atoms with Gasteiger partial charge in [-0.1, -0.05) is 30.3 Å². The minimum atomic E-state index is -0.131. The smallest absolute Gasteiger partial charge is 0.286 e. The summed E-state index contributed by atoms with van der Waals surface area (Å²) in [7, 11) is 0. The Labute approximate surface area is 135 Å². The summed E-state index contributed by atoms with van der Waals surface area (Å²) in [5, 5.41) is 0.803. The molecule has 0 aromatic heterocycles. The molecule has 3 rings (SSSR count). The van der Waals surface area contributed by atoms with E-state index in [1.807, 2.05) is 37.3 Å². The van der Waals surface area contributed by atoms with Gasteiger partial charge in [0, 0.05) is 13.1 Å². The molecule has 0 aliphatic carbocycles. The van der Waals surface area contributed by atoms with Crippen molar-refractivity contribution in [1.29, 1.82) is 0 Å². The molecule has 1 aromatic rings. The highest BCUT2D eigenvalue weighted by atomic mass is 32.2. The zero-order chi connectivity index (χ0) is 15.7. The lowest BCUT2D eigenvalue weighted by atomic mass is 10.1. The van der Waals surface area contributed by atoms with Gasteiger partial charge in [0.25, 0.3) is 5.91 Å². The fraction of sp³-hybridized carbons (Fsp3) is 0.412. The van der Waals surface area contributed by atoms with Crippen LogP contribution in [0.3, 0.4) is 0 Å². The van der Waals surface area contributed by atoms with Gasteiger partial charge in [-0.05, 0) is 43.7 Å². The second-order valence-corrected chi connectivity index (χ2v) is 6.76. The largest absolute Gasteiger partial charge is 0.372 e. The lowest BCUT2D eigenvalue weighted by Gasteiger charge is -2.35. The molecule has 2 heterocycles. The van der Waals surface area contributed by atoms with Gasteiger partial charge in [-0.2, -0.15) is 4.99 Å². The number of rotatable bonds is 1. The Morgan fingerprint density at radius 2 is 1.86 bits per heavy atom. The van der Waals surface area contributed by atoms with Gasteiger partial charge in [-0.3, -0.25) is 4.79 Å². The Kier molecular flexibility index (Phi) is 4.36. The van der Waals surface area contributed by atoms with Gasteiger partial charge in [0.2, 0.25) is 0 Å². The summed E-state index contributed by atoms with van der Waals surface area (Å²) in [5.74, 6) is -0.131. The Bertz CT molecular complexity index is 629. The summed E-state index contributed by atoms with van der Waals surface area (Å²) in [6.45, 7) is 7.65. The highest BCUT2D eigenvalue weighted by molar-refractivity contribution is 8.18. The second kappa shape index (κ2) is 6.26. The van der Waals surface area contributed by atoms with Crippen molar-refractivity contribution in [3.05, 3.63) is 40.8 Å². The summed E-state index contributed by atoms with van der Waals surface area (Å²) >= 11 is 1.48. The lowest BCUT2D eigenvalue weighted by molar-refractivity contribution is -0.113. The molecule has 1 fully saturated rings. The van der Waals surface area contributed by atoms with Crippen LogP contribution in [0, 0.1) is 0 Å². The molecule has 1 amide bonds. The Morgan fingerprint density at radius 1 is 1.23 bits per heavy atom. The first-order valence-electron chi connectivity index (χ1n) is 7.52. The molecule has 0 saturated carbocycles. The molecule has 0 bridgehead atoms. The zero-order valence-corrected chi connectivity index (χ0v) is 13.9. The summed E-state index contributed by atoms with van der Waals surface area (Å²) in [4.78, 5) is 19.4. The number of morpholine rings is 1. The molecular formula is C17H20N2O2S. The topological polar surface area (TPSA) is 41.9 Å². The van der Waals surface area contributed by atoms with Crippen LogP contribution in [-0.4, -0.2) is 41.3 Å². The molecule has 1 saturated heterocycles. The number of nitrogens with zero attached hydrogens (tertiary/aromatic N) is 2. The summed E-state index contributed by atoms with van der Waals surface area (Å²) in [6, 6.07) is 9.98. The molecule has 2 aliphatic rings. The maximum Gasteiger partial charge on any atom is 0.286 e. The summed E-state index contributed by atoms with van der Waals surface area (Å²) in [6.07, 6.45) is 0.316. The average molecular weight is 316 g/mol. The van der Waals surface area contributed by atoms with Crippen LogP contribution < -0.4 is 0 Å². The van der Waals surface area contributed by atoms with E-state index < -0.39 is 0 Å². The molecular weight excluding hydrogens is 296 g/mol. The minimum Gasteiger partial charge on any atom is -0.372 e. The number of carbonyl (C=O) groups excluding carboxylic acids is 1. The van der Waals surface area contributed by atoms with E-state index in [0.717, 1.165) is 34.3 Å². The van der Waals surface area contributed by atoms with Crippen LogP contribution in [0.25, 0.3) is 5.57 Å². The Balaban J connectivity index is 1.82. The van der Waals surface area contributed by atoms with Crippen molar-refractivity contribution in [3.63, 3.8) is 0 Å². The first-order chi connectivity index (χ1) is 10.5. The van der Waals surface area contributed by atoms with Gasteiger partial charge in [-0.25, -0.2) is 0 Å². The molecule has 5 heteroatoms. The molecule has 4 nitrogen and oxygen atoms in total. The zero-order valence-electron chi connectivity index (χ0n) is 13.1. The predicted octanol–water partition coefficient (Wildman–Crippen LogP) is 3.16. The third kappa shape index (κ3) is 3.10. The molecule has 116 valence electrons. The fourth-order valence-corrected chi connectivity index (χ4v) is 3.81. The second-order valence-electron chi connectivity index (χ2n) is 5.78. The standard InChI is InChI=1S/C17H20N2O2S/c1-11-9-19(10-12(2)21-11)17-18-16(20)15(22-17)13(3)14-7-5-4-6-8-14/h4-8,11-12H,9-10H2,1-3H3/b15-13+/t11-,12-/m0/s1. The molecule has 22 heavy (non-hydrogen) atoms. The Morgan fingerprint density at radius 3 is 2.50 bits per heavy atom.